The molecular formula is C23H20N2O5S. The first-order valence-electron chi connectivity index (χ1n) is 9.73. The average molecular weight is 436 g/mol. The van der Waals surface area contributed by atoms with Crippen LogP contribution in [-0.2, 0) is 24.2 Å². The molecule has 2 aliphatic rings. The molecule has 0 saturated carbocycles. The number of carbonyl (C=O) groups is 2. The Kier molecular flexibility index (Phi) is 5.15. The Bertz CT molecular complexity index is 1150. The van der Waals surface area contributed by atoms with Crippen molar-refractivity contribution >= 4 is 21.7 Å². The van der Waals surface area contributed by atoms with Crippen molar-refractivity contribution in [3.8, 4) is 6.07 Å². The molecule has 3 atom stereocenters. The Morgan fingerprint density at radius 3 is 2.19 bits per heavy atom. The minimum absolute atomic E-state index is 0.178. The second-order valence-electron chi connectivity index (χ2n) is 7.69. The highest BCUT2D eigenvalue weighted by Crippen LogP contribution is 2.47. The Balaban J connectivity index is 1.75. The zero-order valence-electron chi connectivity index (χ0n) is 16.7. The summed E-state index contributed by atoms with van der Waals surface area (Å²) in [6, 6.07) is 18.6. The van der Waals surface area contributed by atoms with Gasteiger partial charge < -0.3 is 9.64 Å². The fraction of sp³-hybridized carbons (Fsp3) is 0.261. The monoisotopic (exact) mass is 436 g/mol. The van der Waals surface area contributed by atoms with Gasteiger partial charge in [-0.05, 0) is 18.1 Å². The first-order chi connectivity index (χ1) is 14.8. The maximum atomic E-state index is 13.4. The van der Waals surface area contributed by atoms with E-state index < -0.39 is 44.0 Å². The molecule has 2 saturated heterocycles. The zero-order valence-corrected chi connectivity index (χ0v) is 17.5. The van der Waals surface area contributed by atoms with Crippen LogP contribution in [-0.4, -0.2) is 41.4 Å². The Labute approximate surface area is 180 Å². The number of β-lactam (4-membered cyclic amide) rings is 1. The summed E-state index contributed by atoms with van der Waals surface area (Å²) in [6.07, 6.45) is 1.25. The van der Waals surface area contributed by atoms with Crippen molar-refractivity contribution in [2.24, 2.45) is 0 Å². The van der Waals surface area contributed by atoms with Crippen LogP contribution in [0.15, 0.2) is 72.8 Å². The normalized spacial score (nSPS) is 26.4. The lowest BCUT2D eigenvalue weighted by Crippen LogP contribution is -2.57. The van der Waals surface area contributed by atoms with Gasteiger partial charge in [-0.15, -0.1) is 0 Å². The minimum Gasteiger partial charge on any atom is -0.451 e. The lowest BCUT2D eigenvalue weighted by Gasteiger charge is -2.36. The number of benzene rings is 2. The predicted octanol–water partition coefficient (Wildman–Crippen LogP) is 2.51. The molecule has 4 rings (SSSR count). The van der Waals surface area contributed by atoms with Crippen molar-refractivity contribution in [3.63, 3.8) is 0 Å². The van der Waals surface area contributed by atoms with E-state index in [1.54, 1.807) is 6.07 Å². The number of carbonyl (C=O) groups excluding carboxylic acids is 2. The molecule has 7 nitrogen and oxygen atoms in total. The first kappa shape index (κ1) is 20.8. The number of esters is 1. The molecular weight excluding hydrogens is 416 g/mol. The highest BCUT2D eigenvalue weighted by atomic mass is 32.2. The van der Waals surface area contributed by atoms with Crippen LogP contribution >= 0.6 is 0 Å². The molecule has 2 aromatic rings. The number of hydrogen-bond donors (Lipinski definition) is 0. The summed E-state index contributed by atoms with van der Waals surface area (Å²) < 4.78 is 30.3. The number of rotatable bonds is 5. The van der Waals surface area contributed by atoms with E-state index in [1.807, 2.05) is 60.7 Å². The third-order valence-electron chi connectivity index (χ3n) is 5.89. The molecule has 158 valence electrons. The van der Waals surface area contributed by atoms with Gasteiger partial charge in [0.05, 0.1) is 12.5 Å². The van der Waals surface area contributed by atoms with Gasteiger partial charge in [0, 0.05) is 6.08 Å². The summed E-state index contributed by atoms with van der Waals surface area (Å²) in [5.41, 5.74) is 1.42. The maximum Gasteiger partial charge on any atom is 0.331 e. The van der Waals surface area contributed by atoms with Gasteiger partial charge in [-0.2, -0.15) is 5.26 Å². The van der Waals surface area contributed by atoms with Gasteiger partial charge in [0.2, 0.25) is 5.91 Å². The number of hydrogen-bond acceptors (Lipinski definition) is 6. The molecule has 2 heterocycles. The van der Waals surface area contributed by atoms with Crippen LogP contribution in [0.25, 0.3) is 0 Å². The highest BCUT2D eigenvalue weighted by molar-refractivity contribution is 7.94. The van der Waals surface area contributed by atoms with Crippen LogP contribution in [0.1, 0.15) is 30.6 Å². The molecule has 2 aromatic carbocycles. The fourth-order valence-electron chi connectivity index (χ4n) is 4.20. The van der Waals surface area contributed by atoms with Crippen molar-refractivity contribution < 1.29 is 22.7 Å². The van der Waals surface area contributed by atoms with Gasteiger partial charge in [-0.3, -0.25) is 4.79 Å². The smallest absolute Gasteiger partial charge is 0.331 e. The second-order valence-corrected chi connectivity index (χ2v) is 10.2. The van der Waals surface area contributed by atoms with Gasteiger partial charge in [-0.25, -0.2) is 13.2 Å². The quantitative estimate of drug-likeness (QED) is 0.405. The molecule has 0 bridgehead atoms. The Hall–Kier alpha value is -3.44. The van der Waals surface area contributed by atoms with Crippen molar-refractivity contribution in [1.29, 1.82) is 5.26 Å². The van der Waals surface area contributed by atoms with E-state index in [4.69, 9.17) is 10.00 Å². The molecule has 1 amide bonds. The molecule has 0 unspecified atom stereocenters. The highest BCUT2D eigenvalue weighted by Gasteiger charge is 2.69. The van der Waals surface area contributed by atoms with Gasteiger partial charge >= 0.3 is 5.97 Å². The molecule has 2 aliphatic heterocycles. The van der Waals surface area contributed by atoms with Gasteiger partial charge in [0.15, 0.2) is 22.0 Å². The number of fused-ring (bicyclic) bond motifs is 1. The number of amides is 1. The molecule has 0 aliphatic carbocycles. The van der Waals surface area contributed by atoms with E-state index in [0.717, 1.165) is 11.0 Å². The summed E-state index contributed by atoms with van der Waals surface area (Å²) in [5, 5.41) is 7.86. The van der Waals surface area contributed by atoms with Crippen LogP contribution < -0.4 is 0 Å². The molecule has 0 radical (unpaired) electrons. The van der Waals surface area contributed by atoms with Gasteiger partial charge in [-0.1, -0.05) is 66.7 Å². The van der Waals surface area contributed by atoms with E-state index in [9.17, 15) is 18.0 Å². The average Bonchev–Trinajstić information content (AvgIpc) is 2.92. The number of nitriles is 1. The van der Waals surface area contributed by atoms with E-state index in [2.05, 4.69) is 0 Å². The van der Waals surface area contributed by atoms with Crippen LogP contribution in [0.4, 0.5) is 0 Å². The van der Waals surface area contributed by atoms with Crippen molar-refractivity contribution in [2.45, 2.75) is 35.6 Å². The summed E-state index contributed by atoms with van der Waals surface area (Å²) in [6.45, 7) is 1.35. The van der Waals surface area contributed by atoms with Crippen LogP contribution in [0, 0.1) is 11.3 Å². The minimum atomic E-state index is -3.93. The topological polar surface area (TPSA) is 105 Å². The molecule has 0 N–H and O–H groups in total. The Morgan fingerprint density at radius 1 is 1.16 bits per heavy atom. The maximum absolute atomic E-state index is 13.4. The van der Waals surface area contributed by atoms with Crippen molar-refractivity contribution in [1.82, 2.24) is 4.90 Å². The van der Waals surface area contributed by atoms with Crippen LogP contribution in [0.5, 0.6) is 0 Å². The second kappa shape index (κ2) is 7.67. The number of nitrogens with zero attached hydrogens (tertiary/aromatic N) is 2. The van der Waals surface area contributed by atoms with Gasteiger partial charge in [0.25, 0.3) is 0 Å². The summed E-state index contributed by atoms with van der Waals surface area (Å²) in [4.78, 5) is 26.7. The van der Waals surface area contributed by atoms with Crippen LogP contribution in [0.2, 0.25) is 0 Å². The van der Waals surface area contributed by atoms with Crippen LogP contribution in [0.3, 0.4) is 0 Å². The largest absolute Gasteiger partial charge is 0.451 e. The lowest BCUT2D eigenvalue weighted by atomic mass is 9.95. The Morgan fingerprint density at radius 2 is 1.71 bits per heavy atom. The van der Waals surface area contributed by atoms with Crippen molar-refractivity contribution in [3.05, 3.63) is 83.9 Å². The third-order valence-corrected chi connectivity index (χ3v) is 8.59. The summed E-state index contributed by atoms with van der Waals surface area (Å²) >= 11 is 0. The van der Waals surface area contributed by atoms with Gasteiger partial charge in [0.1, 0.15) is 10.1 Å². The standard InChI is InChI=1S/C23H20N2O5S/c1-23(13-8-14-24)21(25-18(26)15-19(25)31(23,28)29)22(27)30-20(16-9-4-2-5-10-16)17-11-6-3-7-12-17/h2-13,19-21H,15H2,1H3/b13-8+/t19-,21+,23+/m1/s1. The van der Waals surface area contributed by atoms with E-state index in [-0.39, 0.29) is 6.42 Å². The molecule has 2 fully saturated rings. The van der Waals surface area contributed by atoms with Crippen molar-refractivity contribution in [2.75, 3.05) is 0 Å². The predicted molar refractivity (Wildman–Crippen MR) is 112 cm³/mol. The molecule has 0 spiro atoms. The SMILES string of the molecule is C[C@]1(/C=C/C#N)[C@H](C(=O)OC(c2ccccc2)c2ccccc2)N2C(=O)C[C@H]2S1(=O)=O. The number of sulfone groups is 1. The van der Waals surface area contributed by atoms with E-state index in [1.165, 1.54) is 13.0 Å². The zero-order chi connectivity index (χ0) is 22.2. The fourth-order valence-corrected chi connectivity index (χ4v) is 6.46. The lowest BCUT2D eigenvalue weighted by molar-refractivity contribution is -0.163. The summed E-state index contributed by atoms with van der Waals surface area (Å²) in [5.74, 6) is -1.26. The number of allylic oxidation sites excluding steroid dienone is 1. The van der Waals surface area contributed by atoms with E-state index in [0.29, 0.717) is 11.1 Å². The summed E-state index contributed by atoms with van der Waals surface area (Å²) in [7, 11) is -3.93. The molecule has 31 heavy (non-hydrogen) atoms. The molecule has 0 aromatic heterocycles. The van der Waals surface area contributed by atoms with E-state index >= 15 is 0 Å². The molecule has 8 heteroatoms. The first-order valence-corrected chi connectivity index (χ1v) is 11.3. The third kappa shape index (κ3) is 3.22. The number of ether oxygens (including phenoxy) is 1.